The Balaban J connectivity index is 2.03. The molecule has 0 aliphatic heterocycles. The van der Waals surface area contributed by atoms with Crippen LogP contribution >= 0.6 is 11.8 Å². The van der Waals surface area contributed by atoms with Crippen LogP contribution in [0.15, 0.2) is 28.2 Å². The molecule has 0 radical (unpaired) electrons. The Hall–Kier alpha value is -2.46. The molecule has 2 aromatic rings. The first-order chi connectivity index (χ1) is 13.0. The summed E-state index contributed by atoms with van der Waals surface area (Å²) in [5.41, 5.74) is 0.283. The molecular weight excluding hydrogens is 372 g/mol. The first-order valence-corrected chi connectivity index (χ1v) is 9.21. The number of thioether (sulfide) groups is 1. The van der Waals surface area contributed by atoms with Crippen molar-refractivity contribution in [3.05, 3.63) is 28.7 Å². The van der Waals surface area contributed by atoms with Crippen molar-refractivity contribution in [2.24, 2.45) is 0 Å². The van der Waals surface area contributed by atoms with E-state index in [0.29, 0.717) is 41.9 Å². The average Bonchev–Trinajstić information content (AvgIpc) is 3.01. The van der Waals surface area contributed by atoms with Crippen molar-refractivity contribution >= 4 is 23.4 Å². The molecule has 0 saturated heterocycles. The van der Waals surface area contributed by atoms with E-state index in [9.17, 15) is 9.59 Å². The van der Waals surface area contributed by atoms with Crippen LogP contribution in [0.25, 0.3) is 0 Å². The molecule has 10 heteroatoms. The van der Waals surface area contributed by atoms with E-state index in [0.717, 1.165) is 0 Å². The van der Waals surface area contributed by atoms with E-state index >= 15 is 0 Å². The third-order valence-electron chi connectivity index (χ3n) is 3.76. The zero-order valence-corrected chi connectivity index (χ0v) is 16.6. The molecule has 0 bridgehead atoms. The third kappa shape index (κ3) is 5.51. The first-order valence-electron chi connectivity index (χ1n) is 8.33. The molecule has 2 N–H and O–H groups in total. The number of benzene rings is 1. The second-order valence-corrected chi connectivity index (χ2v) is 6.94. The van der Waals surface area contributed by atoms with Gasteiger partial charge in [-0.2, -0.15) is 0 Å². The molecule has 0 saturated carbocycles. The monoisotopic (exact) mass is 396 g/mol. The smallest absolute Gasteiger partial charge is 0.343 e. The summed E-state index contributed by atoms with van der Waals surface area (Å²) >= 11 is 1.21. The maximum atomic E-state index is 12.5. The highest BCUT2D eigenvalue weighted by Gasteiger charge is 2.19. The number of rotatable bonds is 10. The molecule has 0 aliphatic rings. The van der Waals surface area contributed by atoms with Crippen LogP contribution in [0.4, 0.5) is 5.69 Å². The summed E-state index contributed by atoms with van der Waals surface area (Å²) in [6, 6.07) is 5.13. The molecule has 0 aliphatic carbocycles. The van der Waals surface area contributed by atoms with Gasteiger partial charge in [0.1, 0.15) is 0 Å². The van der Waals surface area contributed by atoms with E-state index in [2.05, 4.69) is 15.5 Å². The summed E-state index contributed by atoms with van der Waals surface area (Å²) in [6.07, 6.45) is 0.676. The maximum absolute atomic E-state index is 12.5. The van der Waals surface area contributed by atoms with E-state index in [-0.39, 0.29) is 11.6 Å². The van der Waals surface area contributed by atoms with Gasteiger partial charge in [0.2, 0.25) is 5.91 Å². The lowest BCUT2D eigenvalue weighted by atomic mass is 10.2. The van der Waals surface area contributed by atoms with Gasteiger partial charge in [0.15, 0.2) is 16.7 Å². The Morgan fingerprint density at radius 1 is 1.30 bits per heavy atom. The highest BCUT2D eigenvalue weighted by atomic mass is 32.2. The van der Waals surface area contributed by atoms with Gasteiger partial charge in [-0.1, -0.05) is 11.8 Å². The van der Waals surface area contributed by atoms with Crippen LogP contribution in [0.1, 0.15) is 13.3 Å². The topological polar surface area (TPSA) is 107 Å². The Morgan fingerprint density at radius 2 is 2.04 bits per heavy atom. The SMILES string of the molecule is COCCCn1c(S[C@H](C)C(=O)Nc2ccc(OC)c(OC)c2)n[nH]c1=O. The predicted octanol–water partition coefficient (Wildman–Crippen LogP) is 1.74. The Labute approximate surface area is 161 Å². The van der Waals surface area contributed by atoms with E-state index in [1.165, 1.54) is 23.4 Å². The molecule has 1 heterocycles. The maximum Gasteiger partial charge on any atom is 0.343 e. The minimum absolute atomic E-state index is 0.217. The van der Waals surface area contributed by atoms with Crippen LogP contribution < -0.4 is 20.5 Å². The molecule has 0 fully saturated rings. The van der Waals surface area contributed by atoms with Gasteiger partial charge in [-0.25, -0.2) is 9.89 Å². The van der Waals surface area contributed by atoms with E-state index in [1.807, 2.05) is 0 Å². The lowest BCUT2D eigenvalue weighted by molar-refractivity contribution is -0.115. The van der Waals surface area contributed by atoms with Crippen LogP contribution in [0.5, 0.6) is 11.5 Å². The number of nitrogens with zero attached hydrogens (tertiary/aromatic N) is 2. The zero-order valence-electron chi connectivity index (χ0n) is 15.8. The summed E-state index contributed by atoms with van der Waals surface area (Å²) in [7, 11) is 4.68. The Morgan fingerprint density at radius 3 is 2.70 bits per heavy atom. The minimum atomic E-state index is -0.463. The van der Waals surface area contributed by atoms with E-state index in [4.69, 9.17) is 14.2 Å². The van der Waals surface area contributed by atoms with Crippen LogP contribution in [0.2, 0.25) is 0 Å². The number of nitrogens with one attached hydrogen (secondary N) is 2. The summed E-state index contributed by atoms with van der Waals surface area (Å²) in [5.74, 6) is 0.885. The molecule has 2 rings (SSSR count). The van der Waals surface area contributed by atoms with Crippen molar-refractivity contribution in [3.63, 3.8) is 0 Å². The van der Waals surface area contributed by atoms with Gasteiger partial charge in [-0.15, -0.1) is 5.10 Å². The normalized spacial score (nSPS) is 11.9. The van der Waals surface area contributed by atoms with Gasteiger partial charge >= 0.3 is 5.69 Å². The highest BCUT2D eigenvalue weighted by molar-refractivity contribution is 8.00. The lowest BCUT2D eigenvalue weighted by Crippen LogP contribution is -2.24. The van der Waals surface area contributed by atoms with Crippen LogP contribution in [-0.2, 0) is 16.1 Å². The summed E-state index contributed by atoms with van der Waals surface area (Å²) in [6.45, 7) is 2.76. The van der Waals surface area contributed by atoms with Crippen molar-refractivity contribution in [1.29, 1.82) is 0 Å². The number of aromatic amines is 1. The molecule has 1 amide bonds. The zero-order chi connectivity index (χ0) is 19.8. The molecular formula is C17H24N4O5S. The number of hydrogen-bond acceptors (Lipinski definition) is 7. The number of anilines is 1. The van der Waals surface area contributed by atoms with Crippen LogP contribution in [0, 0.1) is 0 Å². The minimum Gasteiger partial charge on any atom is -0.493 e. The summed E-state index contributed by atoms with van der Waals surface area (Å²) in [5, 5.41) is 9.25. The van der Waals surface area contributed by atoms with Crippen molar-refractivity contribution in [1.82, 2.24) is 14.8 Å². The number of H-pyrrole nitrogens is 1. The molecule has 1 atom stereocenters. The highest BCUT2D eigenvalue weighted by Crippen LogP contribution is 2.30. The number of hydrogen-bond donors (Lipinski definition) is 2. The lowest BCUT2D eigenvalue weighted by Gasteiger charge is -2.14. The number of carbonyl (C=O) groups excluding carboxylic acids is 1. The quantitative estimate of drug-likeness (QED) is 0.465. The molecule has 0 unspecified atom stereocenters. The van der Waals surface area contributed by atoms with Crippen molar-refractivity contribution in [2.45, 2.75) is 30.3 Å². The van der Waals surface area contributed by atoms with Gasteiger partial charge < -0.3 is 19.5 Å². The molecule has 1 aromatic carbocycles. The molecule has 148 valence electrons. The molecule has 27 heavy (non-hydrogen) atoms. The number of carbonyl (C=O) groups is 1. The van der Waals surface area contributed by atoms with Crippen molar-refractivity contribution in [2.75, 3.05) is 33.3 Å². The third-order valence-corrected chi connectivity index (χ3v) is 4.85. The van der Waals surface area contributed by atoms with E-state index < -0.39 is 5.25 Å². The summed E-state index contributed by atoms with van der Waals surface area (Å²) in [4.78, 5) is 24.4. The van der Waals surface area contributed by atoms with E-state index in [1.54, 1.807) is 39.3 Å². The van der Waals surface area contributed by atoms with Crippen molar-refractivity contribution in [3.8, 4) is 11.5 Å². The fourth-order valence-electron chi connectivity index (χ4n) is 2.33. The second kappa shape index (κ2) is 10.0. The van der Waals surface area contributed by atoms with Crippen molar-refractivity contribution < 1.29 is 19.0 Å². The van der Waals surface area contributed by atoms with Gasteiger partial charge in [0.25, 0.3) is 0 Å². The molecule has 1 aromatic heterocycles. The van der Waals surface area contributed by atoms with Gasteiger partial charge in [0, 0.05) is 32.0 Å². The summed E-state index contributed by atoms with van der Waals surface area (Å²) < 4.78 is 16.9. The standard InChI is InChI=1S/C17H24N4O5S/c1-11(27-17-20-19-16(23)21(17)8-5-9-24-2)15(22)18-12-6-7-13(25-3)14(10-12)26-4/h6-7,10-11H,5,8-9H2,1-4H3,(H,18,22)(H,19,23)/t11-/m1/s1. The van der Waals surface area contributed by atoms with Gasteiger partial charge in [-0.3, -0.25) is 9.36 Å². The largest absolute Gasteiger partial charge is 0.493 e. The Bertz CT molecular complexity index is 820. The number of ether oxygens (including phenoxy) is 3. The predicted molar refractivity (Wildman–Crippen MR) is 103 cm³/mol. The van der Waals surface area contributed by atoms with Crippen LogP contribution in [-0.4, -0.2) is 53.9 Å². The fraction of sp³-hybridized carbons (Fsp3) is 0.471. The van der Waals surface area contributed by atoms with Gasteiger partial charge in [-0.05, 0) is 25.5 Å². The molecule has 0 spiro atoms. The Kier molecular flexibility index (Phi) is 7.74. The average molecular weight is 396 g/mol. The number of amides is 1. The van der Waals surface area contributed by atoms with Gasteiger partial charge in [0.05, 0.1) is 19.5 Å². The fourth-order valence-corrected chi connectivity index (χ4v) is 3.21. The number of aromatic nitrogens is 3. The second-order valence-electron chi connectivity index (χ2n) is 5.63. The number of methoxy groups -OCH3 is 3. The molecule has 9 nitrogen and oxygen atoms in total. The van der Waals surface area contributed by atoms with Crippen LogP contribution in [0.3, 0.4) is 0 Å². The first kappa shape index (κ1) is 20.8.